The molecule has 0 N–H and O–H groups in total. The van der Waals surface area contributed by atoms with Gasteiger partial charge >= 0.3 is 6.18 Å². The molecule has 0 aromatic carbocycles. The highest BCUT2D eigenvalue weighted by Gasteiger charge is 2.39. The van der Waals surface area contributed by atoms with Crippen molar-refractivity contribution in [3.8, 4) is 0 Å². The van der Waals surface area contributed by atoms with Gasteiger partial charge in [-0.1, -0.05) is 0 Å². The number of hydrogen-bond acceptors (Lipinski definition) is 1. The molecule has 0 saturated carbocycles. The second kappa shape index (κ2) is 6.33. The molecular formula is C5H9F5O. The predicted molar refractivity (Wildman–Crippen MR) is 29.9 cm³/mol. The van der Waals surface area contributed by atoms with Crippen LogP contribution in [0, 0.1) is 0 Å². The van der Waals surface area contributed by atoms with Crippen LogP contribution in [-0.4, -0.2) is 33.2 Å². The molecule has 0 aromatic heterocycles. The molecule has 0 aliphatic carbocycles. The highest BCUT2D eigenvalue weighted by molar-refractivity contribution is 4.62. The van der Waals surface area contributed by atoms with E-state index in [4.69, 9.17) is 0 Å². The average molecular weight is 180 g/mol. The summed E-state index contributed by atoms with van der Waals surface area (Å²) in [5.74, 6) is 0. The van der Waals surface area contributed by atoms with Gasteiger partial charge in [0.2, 0.25) is 6.17 Å². The van der Waals surface area contributed by atoms with Gasteiger partial charge in [-0.25, -0.2) is 8.78 Å². The minimum absolute atomic E-state index is 1.62. The summed E-state index contributed by atoms with van der Waals surface area (Å²) in [7, 11) is 3.25. The summed E-state index contributed by atoms with van der Waals surface area (Å²) >= 11 is 0. The van der Waals surface area contributed by atoms with Crippen LogP contribution >= 0.6 is 0 Å². The second-order valence-electron chi connectivity index (χ2n) is 1.57. The Labute approximate surface area is 61.1 Å². The maximum Gasteiger partial charge on any atom is 0.422 e. The Balaban J connectivity index is 0. The summed E-state index contributed by atoms with van der Waals surface area (Å²) in [6.07, 6.45) is -8.35. The first-order valence-electron chi connectivity index (χ1n) is 2.57. The summed E-state index contributed by atoms with van der Waals surface area (Å²) in [4.78, 5) is 0. The van der Waals surface area contributed by atoms with E-state index in [0.29, 0.717) is 0 Å². The lowest BCUT2D eigenvalue weighted by Crippen LogP contribution is -2.25. The maximum absolute atomic E-state index is 11.1. The molecule has 0 saturated heterocycles. The van der Waals surface area contributed by atoms with Crippen LogP contribution in [0.4, 0.5) is 22.0 Å². The molecule has 0 fully saturated rings. The van der Waals surface area contributed by atoms with E-state index in [1.165, 1.54) is 0 Å². The van der Waals surface area contributed by atoms with Crippen LogP contribution in [0.15, 0.2) is 0 Å². The molecule has 1 nitrogen and oxygen atoms in total. The van der Waals surface area contributed by atoms with E-state index in [1.807, 2.05) is 0 Å². The molecule has 0 spiro atoms. The van der Waals surface area contributed by atoms with Crippen LogP contribution < -0.4 is 0 Å². The molecule has 0 radical (unpaired) electrons. The van der Waals surface area contributed by atoms with Gasteiger partial charge in [0.25, 0.3) is 0 Å². The molecule has 70 valence electrons. The Morgan fingerprint density at radius 2 is 1.55 bits per heavy atom. The molecule has 0 aliphatic heterocycles. The fraction of sp³-hybridized carbons (Fsp3) is 1.00. The molecule has 11 heavy (non-hydrogen) atoms. The van der Waals surface area contributed by atoms with E-state index in [-0.39, 0.29) is 0 Å². The molecular weight excluding hydrogens is 171 g/mol. The van der Waals surface area contributed by atoms with Crippen molar-refractivity contribution >= 4 is 0 Å². The van der Waals surface area contributed by atoms with E-state index in [0.717, 1.165) is 0 Å². The zero-order chi connectivity index (χ0) is 9.49. The Morgan fingerprint density at radius 3 is 1.55 bits per heavy atom. The standard InChI is InChI=1S/C3H3F5.C2H6O/c4-1-2(5)3(6,7)8;1-3-2/h2H,1H2;1-2H3. The van der Waals surface area contributed by atoms with Crippen molar-refractivity contribution in [3.05, 3.63) is 0 Å². The third-order valence-electron chi connectivity index (χ3n) is 0.491. The molecule has 0 aromatic rings. The summed E-state index contributed by atoms with van der Waals surface area (Å²) in [5.41, 5.74) is 0. The number of ether oxygens (including phenoxy) is 1. The van der Waals surface area contributed by atoms with E-state index < -0.39 is 19.0 Å². The van der Waals surface area contributed by atoms with E-state index in [1.54, 1.807) is 14.2 Å². The van der Waals surface area contributed by atoms with Crippen molar-refractivity contribution in [1.29, 1.82) is 0 Å². The van der Waals surface area contributed by atoms with Crippen LogP contribution in [0.2, 0.25) is 0 Å². The van der Waals surface area contributed by atoms with Crippen LogP contribution in [0.3, 0.4) is 0 Å². The van der Waals surface area contributed by atoms with Crippen molar-refractivity contribution in [3.63, 3.8) is 0 Å². The van der Waals surface area contributed by atoms with Gasteiger partial charge in [0.05, 0.1) is 0 Å². The molecule has 0 amide bonds. The van der Waals surface area contributed by atoms with Crippen molar-refractivity contribution in [1.82, 2.24) is 0 Å². The van der Waals surface area contributed by atoms with Gasteiger partial charge in [-0.3, -0.25) is 0 Å². The Bertz CT molecular complexity index is 81.4. The van der Waals surface area contributed by atoms with E-state index in [2.05, 4.69) is 4.74 Å². The second-order valence-corrected chi connectivity index (χ2v) is 1.57. The monoisotopic (exact) mass is 180 g/mol. The smallest absolute Gasteiger partial charge is 0.388 e. The first-order valence-corrected chi connectivity index (χ1v) is 2.57. The summed E-state index contributed by atoms with van der Waals surface area (Å²) in [6.45, 7) is -2.00. The number of alkyl halides is 5. The molecule has 0 heterocycles. The molecule has 0 rings (SSSR count). The zero-order valence-electron chi connectivity index (χ0n) is 6.08. The molecule has 0 aliphatic rings. The number of methoxy groups -OCH3 is 1. The Morgan fingerprint density at radius 1 is 1.27 bits per heavy atom. The first kappa shape index (κ1) is 13.2. The number of rotatable bonds is 1. The maximum atomic E-state index is 11.1. The number of halogens is 5. The van der Waals surface area contributed by atoms with Gasteiger partial charge in [-0.05, 0) is 0 Å². The number of hydrogen-bond donors (Lipinski definition) is 0. The van der Waals surface area contributed by atoms with Gasteiger partial charge in [0.15, 0.2) is 0 Å². The third-order valence-corrected chi connectivity index (χ3v) is 0.491. The minimum atomic E-state index is -5.03. The van der Waals surface area contributed by atoms with Gasteiger partial charge in [-0.2, -0.15) is 13.2 Å². The average Bonchev–Trinajstić information content (AvgIpc) is 1.86. The predicted octanol–water partition coefficient (Wildman–Crippen LogP) is 2.12. The fourth-order valence-electron chi connectivity index (χ4n) is 0.0875. The lowest BCUT2D eigenvalue weighted by molar-refractivity contribution is -0.183. The molecule has 6 heteroatoms. The Kier molecular flexibility index (Phi) is 7.60. The lowest BCUT2D eigenvalue weighted by atomic mass is 10.4. The normalized spacial score (nSPS) is 13.4. The van der Waals surface area contributed by atoms with Crippen molar-refractivity contribution in [2.24, 2.45) is 0 Å². The highest BCUT2D eigenvalue weighted by Crippen LogP contribution is 2.22. The SMILES string of the molecule is COC.FCC(F)C(F)(F)F. The van der Waals surface area contributed by atoms with Crippen molar-refractivity contribution < 1.29 is 26.7 Å². The van der Waals surface area contributed by atoms with Gasteiger partial charge in [-0.15, -0.1) is 0 Å². The zero-order valence-corrected chi connectivity index (χ0v) is 6.08. The first-order chi connectivity index (χ1) is 4.90. The van der Waals surface area contributed by atoms with Crippen molar-refractivity contribution in [2.75, 3.05) is 20.9 Å². The summed E-state index contributed by atoms with van der Waals surface area (Å²) < 4.78 is 58.7. The lowest BCUT2D eigenvalue weighted by Gasteiger charge is -2.06. The van der Waals surface area contributed by atoms with Crippen LogP contribution in [0.5, 0.6) is 0 Å². The largest absolute Gasteiger partial charge is 0.422 e. The molecule has 1 unspecified atom stereocenters. The molecule has 1 atom stereocenters. The minimum Gasteiger partial charge on any atom is -0.388 e. The Hall–Kier alpha value is -0.390. The highest BCUT2D eigenvalue weighted by atomic mass is 19.4. The van der Waals surface area contributed by atoms with E-state index in [9.17, 15) is 22.0 Å². The third kappa shape index (κ3) is 9.61. The topological polar surface area (TPSA) is 9.23 Å². The van der Waals surface area contributed by atoms with Gasteiger partial charge < -0.3 is 4.74 Å². The molecule has 0 bridgehead atoms. The van der Waals surface area contributed by atoms with Gasteiger partial charge in [0.1, 0.15) is 6.67 Å². The van der Waals surface area contributed by atoms with Crippen LogP contribution in [0.25, 0.3) is 0 Å². The van der Waals surface area contributed by atoms with Crippen LogP contribution in [0.1, 0.15) is 0 Å². The van der Waals surface area contributed by atoms with Crippen molar-refractivity contribution in [2.45, 2.75) is 12.3 Å². The summed E-state index contributed by atoms with van der Waals surface area (Å²) in [5, 5.41) is 0. The quantitative estimate of drug-likeness (QED) is 0.561. The van der Waals surface area contributed by atoms with Gasteiger partial charge in [0, 0.05) is 14.2 Å². The van der Waals surface area contributed by atoms with E-state index >= 15 is 0 Å². The summed E-state index contributed by atoms with van der Waals surface area (Å²) in [6, 6.07) is 0. The fourth-order valence-corrected chi connectivity index (χ4v) is 0.0875. The van der Waals surface area contributed by atoms with Crippen LogP contribution in [-0.2, 0) is 4.74 Å².